The van der Waals surface area contributed by atoms with Crippen LogP contribution in [0.25, 0.3) is 0 Å². The molecule has 3 aliphatic rings. The maximum Gasteiger partial charge on any atom is 0.404 e. The molecule has 14 heteroatoms. The third-order valence-electron chi connectivity index (χ3n) is 8.81. The molecule has 0 aliphatic carbocycles. The Morgan fingerprint density at radius 3 is 2.17 bits per heavy atom. The average Bonchev–Trinajstić information content (AvgIpc) is 3.40. The van der Waals surface area contributed by atoms with Gasteiger partial charge < -0.3 is 9.47 Å². The number of piperidine rings is 1. The molecule has 5 rings (SSSR count). The van der Waals surface area contributed by atoms with Crippen LogP contribution in [0.3, 0.4) is 0 Å². The standard InChI is InChI=1S/C28H36F3N3O6S2/c1-20-17-32(27(3)10-12-33(13-11-27)41(35,36)18-28(29,30)31)14-15-34(20)21(2)22-4-6-23(7-5-22)42(37,38)24-8-9-25-26(16-24)40-19-39-25/h4-9,16,20-21H,10-15,17-19H2,1-3H3/t20-,21+/m1/s1. The van der Waals surface area contributed by atoms with Crippen molar-refractivity contribution in [3.8, 4) is 11.5 Å². The first kappa shape index (κ1) is 31.0. The molecule has 232 valence electrons. The minimum Gasteiger partial charge on any atom is -0.454 e. The van der Waals surface area contributed by atoms with Crippen LogP contribution in [0.2, 0.25) is 0 Å². The van der Waals surface area contributed by atoms with Crippen molar-refractivity contribution in [3.63, 3.8) is 0 Å². The molecule has 2 aromatic carbocycles. The molecule has 2 saturated heterocycles. The van der Waals surface area contributed by atoms with Gasteiger partial charge in [0.05, 0.1) is 9.79 Å². The summed E-state index contributed by atoms with van der Waals surface area (Å²) < 4.78 is 101. The van der Waals surface area contributed by atoms with E-state index >= 15 is 0 Å². The van der Waals surface area contributed by atoms with Gasteiger partial charge in [0.15, 0.2) is 17.3 Å². The monoisotopic (exact) mass is 631 g/mol. The molecule has 3 aliphatic heterocycles. The van der Waals surface area contributed by atoms with Crippen LogP contribution in [0.5, 0.6) is 11.5 Å². The van der Waals surface area contributed by atoms with E-state index in [2.05, 4.69) is 30.6 Å². The predicted molar refractivity (Wildman–Crippen MR) is 150 cm³/mol. The van der Waals surface area contributed by atoms with Crippen LogP contribution in [0.15, 0.2) is 52.3 Å². The van der Waals surface area contributed by atoms with Crippen LogP contribution in [0.1, 0.15) is 45.2 Å². The van der Waals surface area contributed by atoms with Gasteiger partial charge in [0, 0.05) is 56.4 Å². The summed E-state index contributed by atoms with van der Waals surface area (Å²) in [5.41, 5.74) is 0.674. The third-order valence-corrected chi connectivity index (χ3v) is 12.4. The molecule has 0 amide bonds. The molecule has 0 saturated carbocycles. The zero-order chi connectivity index (χ0) is 30.5. The number of halogens is 3. The fourth-order valence-electron chi connectivity index (χ4n) is 6.19. The highest BCUT2D eigenvalue weighted by Gasteiger charge is 2.44. The topological polar surface area (TPSA) is 96.5 Å². The van der Waals surface area contributed by atoms with Gasteiger partial charge >= 0.3 is 6.18 Å². The van der Waals surface area contributed by atoms with E-state index in [1.54, 1.807) is 18.2 Å². The molecule has 0 radical (unpaired) electrons. The maximum absolute atomic E-state index is 13.2. The molecule has 42 heavy (non-hydrogen) atoms. The number of alkyl halides is 3. The van der Waals surface area contributed by atoms with Gasteiger partial charge in [-0.25, -0.2) is 21.1 Å². The van der Waals surface area contributed by atoms with Crippen LogP contribution in [-0.4, -0.2) is 94.0 Å². The largest absolute Gasteiger partial charge is 0.454 e. The number of hydrogen-bond donors (Lipinski definition) is 0. The first-order chi connectivity index (χ1) is 19.6. The number of sulfone groups is 1. The van der Waals surface area contributed by atoms with E-state index in [-0.39, 0.29) is 47.3 Å². The Hall–Kier alpha value is -2.39. The number of nitrogens with zero attached hydrogens (tertiary/aromatic N) is 3. The van der Waals surface area contributed by atoms with Gasteiger partial charge in [0.25, 0.3) is 0 Å². The van der Waals surface area contributed by atoms with E-state index in [4.69, 9.17) is 9.47 Å². The van der Waals surface area contributed by atoms with Crippen LogP contribution in [-0.2, 0) is 19.9 Å². The second-order valence-electron chi connectivity index (χ2n) is 11.6. The molecule has 0 aromatic heterocycles. The minimum atomic E-state index is -4.76. The maximum atomic E-state index is 13.2. The van der Waals surface area contributed by atoms with Gasteiger partial charge in [-0.05, 0) is 63.4 Å². The van der Waals surface area contributed by atoms with Crippen LogP contribution in [0, 0.1) is 0 Å². The van der Waals surface area contributed by atoms with E-state index in [9.17, 15) is 30.0 Å². The number of piperazine rings is 1. The summed E-state index contributed by atoms with van der Waals surface area (Å²) in [6, 6.07) is 11.6. The van der Waals surface area contributed by atoms with Crippen molar-refractivity contribution in [2.24, 2.45) is 0 Å². The lowest BCUT2D eigenvalue weighted by molar-refractivity contribution is -0.107. The van der Waals surface area contributed by atoms with E-state index in [1.807, 2.05) is 12.1 Å². The molecule has 9 nitrogen and oxygen atoms in total. The molecule has 3 heterocycles. The molecule has 0 N–H and O–H groups in total. The van der Waals surface area contributed by atoms with Crippen molar-refractivity contribution in [2.45, 2.75) is 67.2 Å². The molecule has 0 bridgehead atoms. The van der Waals surface area contributed by atoms with Crippen LogP contribution >= 0.6 is 0 Å². The Morgan fingerprint density at radius 1 is 0.929 bits per heavy atom. The zero-order valence-electron chi connectivity index (χ0n) is 23.8. The molecule has 0 unspecified atom stereocenters. The third kappa shape index (κ3) is 6.28. The Bertz CT molecular complexity index is 1510. The van der Waals surface area contributed by atoms with Crippen molar-refractivity contribution >= 4 is 19.9 Å². The predicted octanol–water partition coefficient (Wildman–Crippen LogP) is 4.06. The lowest BCUT2D eigenvalue weighted by Crippen LogP contribution is -2.62. The molecule has 0 spiro atoms. The molecule has 2 atom stereocenters. The second-order valence-corrected chi connectivity index (χ2v) is 15.5. The van der Waals surface area contributed by atoms with Gasteiger partial charge in [-0.2, -0.15) is 13.2 Å². The lowest BCUT2D eigenvalue weighted by Gasteiger charge is -2.52. The van der Waals surface area contributed by atoms with Gasteiger partial charge in [0.1, 0.15) is 0 Å². The second kappa shape index (κ2) is 11.3. The van der Waals surface area contributed by atoms with Gasteiger partial charge in [-0.15, -0.1) is 0 Å². The number of benzene rings is 2. The summed E-state index contributed by atoms with van der Waals surface area (Å²) >= 11 is 0. The summed E-state index contributed by atoms with van der Waals surface area (Å²) in [6.07, 6.45) is -3.83. The first-order valence-corrected chi connectivity index (χ1v) is 17.0. The van der Waals surface area contributed by atoms with E-state index < -0.39 is 31.8 Å². The number of fused-ring (bicyclic) bond motifs is 1. The zero-order valence-corrected chi connectivity index (χ0v) is 25.4. The highest BCUT2D eigenvalue weighted by Crippen LogP contribution is 2.37. The van der Waals surface area contributed by atoms with Crippen LogP contribution in [0.4, 0.5) is 13.2 Å². The number of sulfonamides is 1. The van der Waals surface area contributed by atoms with Crippen LogP contribution < -0.4 is 9.47 Å². The fraction of sp³-hybridized carbons (Fsp3) is 0.571. The number of ether oxygens (including phenoxy) is 2. The summed E-state index contributed by atoms with van der Waals surface area (Å²) in [5, 5.41) is 0. The Morgan fingerprint density at radius 2 is 1.55 bits per heavy atom. The van der Waals surface area contributed by atoms with Crippen molar-refractivity contribution < 1.29 is 39.5 Å². The molecular weight excluding hydrogens is 595 g/mol. The Balaban J connectivity index is 1.20. The number of rotatable bonds is 7. The van der Waals surface area contributed by atoms with Crippen molar-refractivity contribution in [1.29, 1.82) is 0 Å². The van der Waals surface area contributed by atoms with E-state index in [0.29, 0.717) is 24.3 Å². The summed E-state index contributed by atoms with van der Waals surface area (Å²) in [5.74, 6) is -0.906. The fourth-order valence-corrected chi connectivity index (χ4v) is 8.81. The summed E-state index contributed by atoms with van der Waals surface area (Å²) in [4.78, 5) is 5.00. The van der Waals surface area contributed by atoms with E-state index in [1.165, 1.54) is 12.1 Å². The summed E-state index contributed by atoms with van der Waals surface area (Å²) in [6.45, 7) is 8.67. The first-order valence-electron chi connectivity index (χ1n) is 13.9. The normalized spacial score (nSPS) is 23.1. The number of hydrogen-bond acceptors (Lipinski definition) is 8. The minimum absolute atomic E-state index is 0.0200. The average molecular weight is 632 g/mol. The Kier molecular flexibility index (Phi) is 8.33. The highest BCUT2D eigenvalue weighted by molar-refractivity contribution is 7.91. The van der Waals surface area contributed by atoms with Gasteiger partial charge in [-0.1, -0.05) is 12.1 Å². The summed E-state index contributed by atoms with van der Waals surface area (Å²) in [7, 11) is -8.12. The quantitative estimate of drug-likeness (QED) is 0.452. The van der Waals surface area contributed by atoms with Gasteiger partial charge in [0.2, 0.25) is 26.7 Å². The van der Waals surface area contributed by atoms with Gasteiger partial charge in [-0.3, -0.25) is 9.80 Å². The lowest BCUT2D eigenvalue weighted by atomic mass is 9.87. The highest BCUT2D eigenvalue weighted by atomic mass is 32.2. The van der Waals surface area contributed by atoms with E-state index in [0.717, 1.165) is 29.5 Å². The molecular formula is C28H36F3N3O6S2. The SMILES string of the molecule is C[C@@H]1CN(C2(C)CCN(S(=O)(=O)CC(F)(F)F)CC2)CCN1[C@@H](C)c1ccc(S(=O)(=O)c2ccc3c(c2)OCO3)cc1. The Labute approximate surface area is 245 Å². The molecule has 2 aromatic rings. The van der Waals surface area contributed by atoms with Crippen molar-refractivity contribution in [2.75, 3.05) is 45.3 Å². The smallest absolute Gasteiger partial charge is 0.404 e. The molecule has 2 fully saturated rings. The van der Waals surface area contributed by atoms with Crippen molar-refractivity contribution in [3.05, 3.63) is 48.0 Å². The van der Waals surface area contributed by atoms with Crippen molar-refractivity contribution in [1.82, 2.24) is 14.1 Å².